The lowest BCUT2D eigenvalue weighted by Gasteiger charge is -2.23. The number of rotatable bonds is 3. The maximum Gasteiger partial charge on any atom is 0.0194 e. The van der Waals surface area contributed by atoms with Crippen LogP contribution in [0.25, 0.3) is 0 Å². The number of nitrogens with one attached hydrogen (secondary N) is 1. The highest BCUT2D eigenvalue weighted by atomic mass is 32.2. The van der Waals surface area contributed by atoms with E-state index in [0.717, 1.165) is 23.9 Å². The third-order valence-corrected chi connectivity index (χ3v) is 5.39. The fourth-order valence-corrected chi connectivity index (χ4v) is 4.11. The molecule has 2 rings (SSSR count). The third kappa shape index (κ3) is 2.11. The fraction of sp³-hybridized carbons (Fsp3) is 1.00. The Morgan fingerprint density at radius 3 is 2.43 bits per heavy atom. The molecule has 0 radical (unpaired) electrons. The molecular weight excluding hydrogens is 190 g/mol. The van der Waals surface area contributed by atoms with Crippen molar-refractivity contribution in [3.8, 4) is 0 Å². The molecule has 1 saturated carbocycles. The van der Waals surface area contributed by atoms with Crippen molar-refractivity contribution in [3.63, 3.8) is 0 Å². The lowest BCUT2D eigenvalue weighted by atomic mass is 10.0. The molecule has 0 aromatic heterocycles. The number of hydrogen-bond acceptors (Lipinski definition) is 2. The van der Waals surface area contributed by atoms with Crippen LogP contribution in [0.1, 0.15) is 34.1 Å². The largest absolute Gasteiger partial charge is 0.310 e. The minimum atomic E-state index is 0.613. The second-order valence-corrected chi connectivity index (χ2v) is 6.95. The van der Waals surface area contributed by atoms with E-state index in [0.29, 0.717) is 5.41 Å². The molecule has 1 N–H and O–H groups in total. The van der Waals surface area contributed by atoms with Crippen molar-refractivity contribution >= 4 is 11.8 Å². The number of thioether (sulfide) groups is 1. The number of hydrogen-bond donors (Lipinski definition) is 1. The van der Waals surface area contributed by atoms with Crippen molar-refractivity contribution in [2.24, 2.45) is 17.3 Å². The van der Waals surface area contributed by atoms with Gasteiger partial charge >= 0.3 is 0 Å². The Hall–Kier alpha value is 0.310. The van der Waals surface area contributed by atoms with Crippen molar-refractivity contribution < 1.29 is 0 Å². The minimum absolute atomic E-state index is 0.613. The first kappa shape index (κ1) is 10.8. The van der Waals surface area contributed by atoms with Crippen LogP contribution in [0, 0.1) is 17.3 Å². The molecule has 0 aromatic rings. The molecule has 2 heteroatoms. The van der Waals surface area contributed by atoms with Crippen molar-refractivity contribution in [1.82, 2.24) is 5.32 Å². The van der Waals surface area contributed by atoms with E-state index in [-0.39, 0.29) is 0 Å². The van der Waals surface area contributed by atoms with Crippen LogP contribution in [0.4, 0.5) is 0 Å². The van der Waals surface area contributed by atoms with Gasteiger partial charge in [-0.1, -0.05) is 20.8 Å². The zero-order chi connectivity index (χ0) is 10.3. The molecule has 2 fully saturated rings. The van der Waals surface area contributed by atoms with Crippen LogP contribution in [0.15, 0.2) is 0 Å². The quantitative estimate of drug-likeness (QED) is 0.773. The average molecular weight is 213 g/mol. The van der Waals surface area contributed by atoms with E-state index in [9.17, 15) is 0 Å². The molecule has 14 heavy (non-hydrogen) atoms. The van der Waals surface area contributed by atoms with Crippen LogP contribution >= 0.6 is 11.8 Å². The molecule has 1 aliphatic carbocycles. The predicted molar refractivity (Wildman–Crippen MR) is 64.8 cm³/mol. The SMILES string of the molecule is CC1CSCC1NC(C)C1CC1(C)C. The van der Waals surface area contributed by atoms with E-state index in [1.807, 2.05) is 0 Å². The fourth-order valence-electron chi connectivity index (χ4n) is 2.69. The average Bonchev–Trinajstić information content (AvgIpc) is 2.54. The molecular formula is C12H23NS. The molecule has 2 aliphatic rings. The summed E-state index contributed by atoms with van der Waals surface area (Å²) in [5.74, 6) is 4.45. The summed E-state index contributed by atoms with van der Waals surface area (Å²) in [6.45, 7) is 9.53. The Morgan fingerprint density at radius 1 is 1.36 bits per heavy atom. The normalized spacial score (nSPS) is 42.4. The zero-order valence-electron chi connectivity index (χ0n) is 9.84. The van der Waals surface area contributed by atoms with Gasteiger partial charge in [0.2, 0.25) is 0 Å². The molecule has 4 unspecified atom stereocenters. The highest BCUT2D eigenvalue weighted by molar-refractivity contribution is 7.99. The lowest BCUT2D eigenvalue weighted by molar-refractivity contribution is 0.355. The lowest BCUT2D eigenvalue weighted by Crippen LogP contribution is -2.41. The molecule has 0 spiro atoms. The summed E-state index contributed by atoms with van der Waals surface area (Å²) in [6.07, 6.45) is 1.41. The zero-order valence-corrected chi connectivity index (χ0v) is 10.7. The van der Waals surface area contributed by atoms with Gasteiger partial charge < -0.3 is 5.32 Å². The Morgan fingerprint density at radius 2 is 2.00 bits per heavy atom. The van der Waals surface area contributed by atoms with E-state index < -0.39 is 0 Å². The summed E-state index contributed by atoms with van der Waals surface area (Å²) in [4.78, 5) is 0. The van der Waals surface area contributed by atoms with Gasteiger partial charge in [0.05, 0.1) is 0 Å². The molecule has 82 valence electrons. The molecule has 1 heterocycles. The first-order valence-corrected chi connectivity index (χ1v) is 7.00. The summed E-state index contributed by atoms with van der Waals surface area (Å²) in [5, 5.41) is 3.83. The van der Waals surface area contributed by atoms with Gasteiger partial charge in [0.25, 0.3) is 0 Å². The van der Waals surface area contributed by atoms with E-state index in [1.54, 1.807) is 0 Å². The molecule has 1 saturated heterocycles. The Bertz CT molecular complexity index is 214. The molecule has 1 aliphatic heterocycles. The maximum atomic E-state index is 3.83. The van der Waals surface area contributed by atoms with Crippen LogP contribution in [-0.2, 0) is 0 Å². The first-order valence-electron chi connectivity index (χ1n) is 5.84. The Balaban J connectivity index is 1.80. The van der Waals surface area contributed by atoms with E-state index in [1.165, 1.54) is 17.9 Å². The highest BCUT2D eigenvalue weighted by Gasteiger charge is 2.49. The summed E-state index contributed by atoms with van der Waals surface area (Å²) in [7, 11) is 0. The van der Waals surface area contributed by atoms with Gasteiger partial charge in [-0.2, -0.15) is 11.8 Å². The van der Waals surface area contributed by atoms with Crippen LogP contribution < -0.4 is 5.32 Å². The molecule has 0 bridgehead atoms. The highest BCUT2D eigenvalue weighted by Crippen LogP contribution is 2.53. The minimum Gasteiger partial charge on any atom is -0.310 e. The first-order chi connectivity index (χ1) is 6.50. The van der Waals surface area contributed by atoms with Crippen LogP contribution in [0.5, 0.6) is 0 Å². The van der Waals surface area contributed by atoms with Gasteiger partial charge in [0, 0.05) is 17.8 Å². The topological polar surface area (TPSA) is 12.0 Å². The molecule has 1 nitrogen and oxygen atoms in total. The summed E-state index contributed by atoms with van der Waals surface area (Å²) in [5.41, 5.74) is 0.613. The molecule has 4 atom stereocenters. The maximum absolute atomic E-state index is 3.83. The monoisotopic (exact) mass is 213 g/mol. The van der Waals surface area contributed by atoms with Crippen LogP contribution in [0.3, 0.4) is 0 Å². The van der Waals surface area contributed by atoms with Gasteiger partial charge in [-0.3, -0.25) is 0 Å². The smallest absolute Gasteiger partial charge is 0.0194 e. The van der Waals surface area contributed by atoms with Gasteiger partial charge in [-0.05, 0) is 36.3 Å². The van der Waals surface area contributed by atoms with Gasteiger partial charge in [-0.25, -0.2) is 0 Å². The molecule has 0 amide bonds. The van der Waals surface area contributed by atoms with Crippen molar-refractivity contribution in [2.45, 2.75) is 46.2 Å². The second kappa shape index (κ2) is 3.71. The van der Waals surface area contributed by atoms with Gasteiger partial charge in [0.15, 0.2) is 0 Å². The van der Waals surface area contributed by atoms with Gasteiger partial charge in [-0.15, -0.1) is 0 Å². The van der Waals surface area contributed by atoms with Crippen molar-refractivity contribution in [2.75, 3.05) is 11.5 Å². The van der Waals surface area contributed by atoms with Crippen molar-refractivity contribution in [1.29, 1.82) is 0 Å². The standard InChI is InChI=1S/C12H23NS/c1-8-6-14-7-11(8)13-9(2)10-5-12(10,3)4/h8-11,13H,5-7H2,1-4H3. The summed E-state index contributed by atoms with van der Waals surface area (Å²) < 4.78 is 0. The predicted octanol–water partition coefficient (Wildman–Crippen LogP) is 2.76. The third-order valence-electron chi connectivity index (χ3n) is 4.04. The summed E-state index contributed by atoms with van der Waals surface area (Å²) >= 11 is 2.10. The van der Waals surface area contributed by atoms with Crippen LogP contribution in [-0.4, -0.2) is 23.6 Å². The Kier molecular flexibility index (Phi) is 2.87. The summed E-state index contributed by atoms with van der Waals surface area (Å²) in [6, 6.07) is 1.49. The molecule has 0 aromatic carbocycles. The van der Waals surface area contributed by atoms with Gasteiger partial charge in [0.1, 0.15) is 0 Å². The van der Waals surface area contributed by atoms with E-state index in [4.69, 9.17) is 0 Å². The van der Waals surface area contributed by atoms with E-state index >= 15 is 0 Å². The van der Waals surface area contributed by atoms with Crippen LogP contribution in [0.2, 0.25) is 0 Å². The van der Waals surface area contributed by atoms with Crippen molar-refractivity contribution in [3.05, 3.63) is 0 Å². The Labute approximate surface area is 92.4 Å². The second-order valence-electron chi connectivity index (χ2n) is 5.88. The van der Waals surface area contributed by atoms with E-state index in [2.05, 4.69) is 44.8 Å².